The molecule has 1 amide bonds. The van der Waals surface area contributed by atoms with Crippen LogP contribution < -0.4 is 5.32 Å². The van der Waals surface area contributed by atoms with Crippen molar-refractivity contribution in [3.8, 4) is 5.75 Å². The molecule has 0 bridgehead atoms. The fraction of sp³-hybridized carbons (Fsp3) is 0.500. The van der Waals surface area contributed by atoms with Gasteiger partial charge in [-0.15, -0.1) is 0 Å². The van der Waals surface area contributed by atoms with Crippen LogP contribution in [0.3, 0.4) is 0 Å². The third-order valence-electron chi connectivity index (χ3n) is 3.09. The van der Waals surface area contributed by atoms with Crippen LogP contribution in [0.15, 0.2) is 24.3 Å². The molecule has 0 aromatic heterocycles. The maximum absolute atomic E-state index is 11.8. The first-order valence-electron chi connectivity index (χ1n) is 7.26. The Kier molecular flexibility index (Phi) is 7.46. The average Bonchev–Trinajstić information content (AvgIpc) is 2.45. The predicted molar refractivity (Wildman–Crippen MR) is 80.2 cm³/mol. The maximum Gasteiger partial charge on any atom is 0.220 e. The number of unbranched alkanes of at least 4 members (excludes halogenated alkanes) is 2. The highest BCUT2D eigenvalue weighted by atomic mass is 16.3. The van der Waals surface area contributed by atoms with Crippen LogP contribution >= 0.6 is 0 Å². The monoisotopic (exact) mass is 293 g/mol. The molecule has 0 aliphatic heterocycles. The molecule has 0 spiro atoms. The van der Waals surface area contributed by atoms with Gasteiger partial charge in [0.1, 0.15) is 5.75 Å². The number of aromatic hydroxyl groups is 1. The Balaban J connectivity index is 2.12. The minimum absolute atomic E-state index is 0.0496. The zero-order valence-corrected chi connectivity index (χ0v) is 12.3. The Hall–Kier alpha value is -1.88. The molecular weight excluding hydrogens is 270 g/mol. The van der Waals surface area contributed by atoms with E-state index in [1.54, 1.807) is 19.1 Å². The lowest BCUT2D eigenvalue weighted by Gasteiger charge is -2.06. The fourth-order valence-electron chi connectivity index (χ4n) is 1.89. The molecule has 5 nitrogen and oxygen atoms in total. The number of phenols is 1. The number of nitrogens with one attached hydrogen (secondary N) is 1. The summed E-state index contributed by atoms with van der Waals surface area (Å²) >= 11 is 0. The highest BCUT2D eigenvalue weighted by molar-refractivity contribution is 5.96. The standard InChI is InChI=1S/C16H23NO4/c1-12(18)11-17-16(21)6-4-2-3-5-15(20)13-7-9-14(19)10-8-13/h7-10,12,18-19H,2-6,11H2,1H3,(H,17,21). The normalized spacial score (nSPS) is 11.9. The van der Waals surface area contributed by atoms with Gasteiger partial charge in [-0.25, -0.2) is 0 Å². The Bertz CT molecular complexity index is 454. The van der Waals surface area contributed by atoms with Gasteiger partial charge in [0, 0.05) is 24.9 Å². The average molecular weight is 293 g/mol. The van der Waals surface area contributed by atoms with Crippen LogP contribution in [0.4, 0.5) is 0 Å². The molecule has 0 radical (unpaired) electrons. The largest absolute Gasteiger partial charge is 0.508 e. The van der Waals surface area contributed by atoms with Gasteiger partial charge in [0.15, 0.2) is 5.78 Å². The molecule has 1 unspecified atom stereocenters. The highest BCUT2D eigenvalue weighted by Crippen LogP contribution is 2.13. The molecule has 3 N–H and O–H groups in total. The van der Waals surface area contributed by atoms with Crippen LogP contribution in [-0.4, -0.2) is 34.6 Å². The van der Waals surface area contributed by atoms with Gasteiger partial charge < -0.3 is 15.5 Å². The lowest BCUT2D eigenvalue weighted by molar-refractivity contribution is -0.121. The smallest absolute Gasteiger partial charge is 0.220 e. The van der Waals surface area contributed by atoms with Gasteiger partial charge in [-0.3, -0.25) is 9.59 Å². The number of ketones is 1. The third-order valence-corrected chi connectivity index (χ3v) is 3.09. The second kappa shape index (κ2) is 9.13. The molecule has 0 heterocycles. The van der Waals surface area contributed by atoms with Crippen LogP contribution in [0.5, 0.6) is 5.75 Å². The van der Waals surface area contributed by atoms with Crippen molar-refractivity contribution in [3.63, 3.8) is 0 Å². The van der Waals surface area contributed by atoms with E-state index in [9.17, 15) is 9.59 Å². The van der Waals surface area contributed by atoms with Gasteiger partial charge in [-0.05, 0) is 44.0 Å². The maximum atomic E-state index is 11.8. The minimum Gasteiger partial charge on any atom is -0.508 e. The van der Waals surface area contributed by atoms with Crippen LogP contribution in [0, 0.1) is 0 Å². The Morgan fingerprint density at radius 1 is 1.10 bits per heavy atom. The third kappa shape index (κ3) is 7.46. The van der Waals surface area contributed by atoms with E-state index in [0.29, 0.717) is 18.4 Å². The molecule has 1 atom stereocenters. The van der Waals surface area contributed by atoms with E-state index in [1.165, 1.54) is 12.1 Å². The molecule has 0 saturated carbocycles. The molecule has 0 aliphatic carbocycles. The molecule has 21 heavy (non-hydrogen) atoms. The highest BCUT2D eigenvalue weighted by Gasteiger charge is 2.06. The molecule has 116 valence electrons. The van der Waals surface area contributed by atoms with Crippen molar-refractivity contribution in [1.29, 1.82) is 0 Å². The number of aliphatic hydroxyl groups is 1. The zero-order valence-electron chi connectivity index (χ0n) is 12.3. The number of rotatable bonds is 9. The van der Waals surface area contributed by atoms with Crippen LogP contribution in [0.1, 0.15) is 49.4 Å². The summed E-state index contributed by atoms with van der Waals surface area (Å²) in [6.45, 7) is 1.90. The molecular formula is C16H23NO4. The summed E-state index contributed by atoms with van der Waals surface area (Å²) in [6.07, 6.45) is 2.61. The van der Waals surface area contributed by atoms with Crippen LogP contribution in [0.2, 0.25) is 0 Å². The minimum atomic E-state index is -0.531. The Morgan fingerprint density at radius 3 is 2.33 bits per heavy atom. The predicted octanol–water partition coefficient (Wildman–Crippen LogP) is 2.02. The van der Waals surface area contributed by atoms with Crippen molar-refractivity contribution in [2.24, 2.45) is 0 Å². The number of carbonyl (C=O) groups excluding carboxylic acids is 2. The first kappa shape index (κ1) is 17.2. The van der Waals surface area contributed by atoms with Gasteiger partial charge in [-0.2, -0.15) is 0 Å². The summed E-state index contributed by atoms with van der Waals surface area (Å²) in [7, 11) is 0. The molecule has 5 heteroatoms. The Labute approximate surface area is 125 Å². The summed E-state index contributed by atoms with van der Waals surface area (Å²) in [6, 6.07) is 6.22. The number of Topliss-reactive ketones (excluding diaryl/α,β-unsaturated/α-hetero) is 1. The van der Waals surface area contributed by atoms with Crippen molar-refractivity contribution in [2.75, 3.05) is 6.54 Å². The van der Waals surface area contributed by atoms with Gasteiger partial charge in [0.25, 0.3) is 0 Å². The van der Waals surface area contributed by atoms with Crippen molar-refractivity contribution in [2.45, 2.75) is 45.1 Å². The summed E-state index contributed by atoms with van der Waals surface area (Å²) in [5.74, 6) is 0.129. The van der Waals surface area contributed by atoms with Gasteiger partial charge in [-0.1, -0.05) is 6.42 Å². The van der Waals surface area contributed by atoms with E-state index in [0.717, 1.165) is 19.3 Å². The topological polar surface area (TPSA) is 86.6 Å². The number of amides is 1. The second-order valence-corrected chi connectivity index (χ2v) is 5.18. The van der Waals surface area contributed by atoms with Crippen LogP contribution in [-0.2, 0) is 4.79 Å². The van der Waals surface area contributed by atoms with E-state index in [-0.39, 0.29) is 24.0 Å². The fourth-order valence-corrected chi connectivity index (χ4v) is 1.89. The molecule has 1 aromatic carbocycles. The molecule has 1 aromatic rings. The molecule has 1 rings (SSSR count). The first-order valence-corrected chi connectivity index (χ1v) is 7.26. The van der Waals surface area contributed by atoms with Gasteiger partial charge in [0.2, 0.25) is 5.91 Å². The molecule has 0 saturated heterocycles. The van der Waals surface area contributed by atoms with E-state index < -0.39 is 6.10 Å². The van der Waals surface area contributed by atoms with E-state index in [4.69, 9.17) is 10.2 Å². The number of aliphatic hydroxyl groups excluding tert-OH is 1. The SMILES string of the molecule is CC(O)CNC(=O)CCCCCC(=O)c1ccc(O)cc1. The number of phenolic OH excluding ortho intramolecular Hbond substituents is 1. The lowest BCUT2D eigenvalue weighted by Crippen LogP contribution is -2.30. The van der Waals surface area contributed by atoms with Crippen molar-refractivity contribution in [1.82, 2.24) is 5.32 Å². The van der Waals surface area contributed by atoms with Crippen molar-refractivity contribution >= 4 is 11.7 Å². The van der Waals surface area contributed by atoms with Crippen LogP contribution in [0.25, 0.3) is 0 Å². The van der Waals surface area contributed by atoms with Gasteiger partial charge in [0.05, 0.1) is 6.10 Å². The van der Waals surface area contributed by atoms with Crippen molar-refractivity contribution in [3.05, 3.63) is 29.8 Å². The number of benzene rings is 1. The molecule has 0 fully saturated rings. The first-order chi connectivity index (χ1) is 9.99. The summed E-state index contributed by atoms with van der Waals surface area (Å²) in [5, 5.41) is 20.8. The number of hydrogen-bond donors (Lipinski definition) is 3. The lowest BCUT2D eigenvalue weighted by atomic mass is 10.0. The van der Waals surface area contributed by atoms with Gasteiger partial charge >= 0.3 is 0 Å². The summed E-state index contributed by atoms with van der Waals surface area (Å²) in [5.41, 5.74) is 0.600. The Morgan fingerprint density at radius 2 is 1.71 bits per heavy atom. The van der Waals surface area contributed by atoms with E-state index >= 15 is 0 Å². The number of hydrogen-bond acceptors (Lipinski definition) is 4. The number of carbonyl (C=O) groups is 2. The summed E-state index contributed by atoms with van der Waals surface area (Å²) < 4.78 is 0. The second-order valence-electron chi connectivity index (χ2n) is 5.18. The summed E-state index contributed by atoms with van der Waals surface area (Å²) in [4.78, 5) is 23.2. The van der Waals surface area contributed by atoms with E-state index in [2.05, 4.69) is 5.32 Å². The molecule has 0 aliphatic rings. The van der Waals surface area contributed by atoms with Crippen molar-refractivity contribution < 1.29 is 19.8 Å². The van der Waals surface area contributed by atoms with E-state index in [1.807, 2.05) is 0 Å². The quantitative estimate of drug-likeness (QED) is 0.480. The zero-order chi connectivity index (χ0) is 15.7.